The van der Waals surface area contributed by atoms with E-state index in [1.165, 1.54) is 12.1 Å². The molecule has 8 nitrogen and oxygen atoms in total. The maximum atomic E-state index is 13.5. The molecule has 1 saturated carbocycles. The van der Waals surface area contributed by atoms with E-state index in [-0.39, 0.29) is 48.6 Å². The molecule has 1 amide bonds. The molecule has 0 heterocycles. The van der Waals surface area contributed by atoms with Crippen molar-refractivity contribution in [2.45, 2.75) is 77.8 Å². The second-order valence-electron chi connectivity index (χ2n) is 12.0. The van der Waals surface area contributed by atoms with E-state index in [9.17, 15) is 35.9 Å². The number of rotatable bonds is 8. The number of guanidine groups is 1. The van der Waals surface area contributed by atoms with Gasteiger partial charge in [0.1, 0.15) is 0 Å². The number of nitrogens with zero attached hydrogens (tertiary/aromatic N) is 2. The Morgan fingerprint density at radius 3 is 1.93 bits per heavy atom. The summed E-state index contributed by atoms with van der Waals surface area (Å²) >= 11 is 0. The molecule has 0 aliphatic heterocycles. The second-order valence-corrected chi connectivity index (χ2v) is 12.0. The Labute approximate surface area is 251 Å². The molecule has 0 bridgehead atoms. The Bertz CT molecular complexity index is 1300. The van der Waals surface area contributed by atoms with E-state index < -0.39 is 41.0 Å². The number of carboxylic acid groups (broad SMARTS) is 1. The van der Waals surface area contributed by atoms with Crippen LogP contribution in [0, 0.1) is 11.3 Å². The van der Waals surface area contributed by atoms with Gasteiger partial charge in [-0.1, -0.05) is 32.9 Å². The molecule has 2 aromatic rings. The lowest BCUT2D eigenvalue weighted by Crippen LogP contribution is -2.46. The first-order valence-electron chi connectivity index (χ1n) is 14.1. The average molecular weight is 630 g/mol. The molecule has 0 atom stereocenters. The van der Waals surface area contributed by atoms with Gasteiger partial charge >= 0.3 is 18.3 Å². The Morgan fingerprint density at radius 1 is 0.932 bits per heavy atom. The lowest BCUT2D eigenvalue weighted by molar-refractivity contribution is -0.143. The highest BCUT2D eigenvalue weighted by Crippen LogP contribution is 2.40. The molecule has 2 aromatic carbocycles. The molecule has 0 radical (unpaired) electrons. The van der Waals surface area contributed by atoms with Crippen LogP contribution in [0.4, 0.5) is 32.0 Å². The second kappa shape index (κ2) is 13.8. The smallest absolute Gasteiger partial charge is 0.416 e. The molecule has 0 aromatic heterocycles. The third-order valence-corrected chi connectivity index (χ3v) is 7.79. The summed E-state index contributed by atoms with van der Waals surface area (Å²) in [6, 6.07) is 7.40. The van der Waals surface area contributed by atoms with Crippen LogP contribution in [-0.4, -0.2) is 40.4 Å². The van der Waals surface area contributed by atoms with E-state index in [0.717, 1.165) is 12.8 Å². The predicted molar refractivity (Wildman–Crippen MR) is 153 cm³/mol. The molecule has 0 spiro atoms. The zero-order valence-electron chi connectivity index (χ0n) is 24.6. The number of amides is 1. The van der Waals surface area contributed by atoms with Gasteiger partial charge in [-0.3, -0.25) is 9.59 Å². The van der Waals surface area contributed by atoms with Crippen molar-refractivity contribution < 1.29 is 41.0 Å². The molecule has 1 aliphatic carbocycles. The van der Waals surface area contributed by atoms with Gasteiger partial charge in [-0.15, -0.1) is 5.10 Å². The maximum absolute atomic E-state index is 13.5. The lowest BCUT2D eigenvalue weighted by atomic mass is 9.71. The Morgan fingerprint density at radius 2 is 1.48 bits per heavy atom. The van der Waals surface area contributed by atoms with Crippen LogP contribution in [0.3, 0.4) is 0 Å². The Kier molecular flexibility index (Phi) is 10.8. The van der Waals surface area contributed by atoms with Gasteiger partial charge in [0.2, 0.25) is 5.96 Å². The van der Waals surface area contributed by atoms with E-state index in [4.69, 9.17) is 10.9 Å². The molecular weight excluding hydrogens is 592 g/mol. The first-order valence-corrected chi connectivity index (χ1v) is 14.1. The number of carbonyl (C=O) groups is 2. The normalized spacial score (nSPS) is 18.1. The minimum atomic E-state index is -5.02. The molecule has 242 valence electrons. The van der Waals surface area contributed by atoms with Gasteiger partial charge < -0.3 is 26.5 Å². The number of halogens is 6. The molecule has 14 heteroatoms. The monoisotopic (exact) mass is 629 g/mol. The van der Waals surface area contributed by atoms with Crippen LogP contribution in [0.2, 0.25) is 0 Å². The lowest BCUT2D eigenvalue weighted by Gasteiger charge is -2.42. The summed E-state index contributed by atoms with van der Waals surface area (Å²) in [5, 5.41) is 17.6. The number of anilines is 1. The average Bonchev–Trinajstić information content (AvgIpc) is 2.93. The number of carboxylic acids is 1. The fourth-order valence-corrected chi connectivity index (χ4v) is 5.31. The van der Waals surface area contributed by atoms with E-state index in [0.29, 0.717) is 36.5 Å². The summed E-state index contributed by atoms with van der Waals surface area (Å²) in [5.74, 6) is 4.50. The summed E-state index contributed by atoms with van der Waals surface area (Å²) in [6.07, 6.45) is -7.22. The van der Waals surface area contributed by atoms with Crippen molar-refractivity contribution in [3.8, 4) is 0 Å². The number of alkyl halides is 6. The first-order chi connectivity index (χ1) is 20.4. The van der Waals surface area contributed by atoms with Crippen molar-refractivity contribution >= 4 is 23.5 Å². The summed E-state index contributed by atoms with van der Waals surface area (Å²) in [7, 11) is 0. The highest BCUT2D eigenvalue weighted by Gasteiger charge is 2.38. The molecule has 1 aliphatic rings. The zero-order chi connectivity index (χ0) is 32.9. The quantitative estimate of drug-likeness (QED) is 0.0851. The maximum Gasteiger partial charge on any atom is 0.416 e. The van der Waals surface area contributed by atoms with Crippen LogP contribution in [-0.2, 0) is 23.7 Å². The van der Waals surface area contributed by atoms with Gasteiger partial charge in [-0.05, 0) is 72.9 Å². The van der Waals surface area contributed by atoms with Crippen LogP contribution in [0.15, 0.2) is 47.6 Å². The minimum Gasteiger partial charge on any atom is -0.481 e. The third kappa shape index (κ3) is 9.52. The van der Waals surface area contributed by atoms with Crippen molar-refractivity contribution in [1.82, 2.24) is 10.2 Å². The van der Waals surface area contributed by atoms with Gasteiger partial charge in [0.05, 0.1) is 17.5 Å². The van der Waals surface area contributed by atoms with Crippen LogP contribution >= 0.6 is 0 Å². The molecule has 5 N–H and O–H groups in total. The van der Waals surface area contributed by atoms with Gasteiger partial charge in [-0.25, -0.2) is 0 Å². The summed E-state index contributed by atoms with van der Waals surface area (Å²) in [4.78, 5) is 24.8. The first kappa shape index (κ1) is 34.5. The number of benzene rings is 2. The van der Waals surface area contributed by atoms with Gasteiger partial charge in [0.15, 0.2) is 0 Å². The van der Waals surface area contributed by atoms with E-state index in [1.54, 1.807) is 17.0 Å². The standard InChI is InChI=1S/C30H37F6N5O3/c1-28(2,3)20-8-10-24(11-9-20)41(17-18-4-6-19(7-5-18)26(44)38-13-12-25(42)43)27(40-37)39-23-15-21(29(31,32)33)14-22(16-23)30(34,35)36/h4-7,14-16,20,24H,8-13,17,37H2,1-3H3,(H,38,44)(H,39,40)(H,42,43)/t20-,24-. The molecule has 0 saturated heterocycles. The topological polar surface area (TPSA) is 120 Å². The molecular formula is C30H37F6N5O3. The van der Waals surface area contributed by atoms with Crippen LogP contribution in [0.5, 0.6) is 0 Å². The van der Waals surface area contributed by atoms with Gasteiger partial charge in [-0.2, -0.15) is 26.3 Å². The molecule has 1 fully saturated rings. The fourth-order valence-electron chi connectivity index (χ4n) is 5.31. The van der Waals surface area contributed by atoms with Crippen molar-refractivity contribution in [1.29, 1.82) is 0 Å². The summed E-state index contributed by atoms with van der Waals surface area (Å²) < 4.78 is 81.0. The number of nitrogens with one attached hydrogen (secondary N) is 2. The SMILES string of the molecule is CC(C)(C)[C@H]1CC[C@H](N(Cc2ccc(C(=O)NCCC(=O)O)cc2)/C(=N\N)Nc2cc(C(F)(F)F)cc(C(F)(F)F)c2)CC1. The van der Waals surface area contributed by atoms with Crippen molar-refractivity contribution in [3.05, 3.63) is 64.7 Å². The predicted octanol–water partition coefficient (Wildman–Crippen LogP) is 6.68. The summed E-state index contributed by atoms with van der Waals surface area (Å²) in [5.41, 5.74) is -2.40. The minimum absolute atomic E-state index is 0.0471. The van der Waals surface area contributed by atoms with Crippen molar-refractivity contribution in [2.75, 3.05) is 11.9 Å². The van der Waals surface area contributed by atoms with E-state index >= 15 is 0 Å². The Balaban J connectivity index is 1.91. The number of aliphatic carboxylic acids is 1. The molecule has 44 heavy (non-hydrogen) atoms. The highest BCUT2D eigenvalue weighted by atomic mass is 19.4. The van der Waals surface area contributed by atoms with Gasteiger partial charge in [0.25, 0.3) is 5.91 Å². The number of hydrogen-bond acceptors (Lipinski definition) is 4. The molecule has 3 rings (SSSR count). The molecule has 0 unspecified atom stereocenters. The largest absolute Gasteiger partial charge is 0.481 e. The number of nitrogens with two attached hydrogens (primary N) is 1. The van der Waals surface area contributed by atoms with E-state index in [2.05, 4.69) is 36.5 Å². The van der Waals surface area contributed by atoms with Crippen molar-refractivity contribution in [2.24, 2.45) is 22.3 Å². The zero-order valence-corrected chi connectivity index (χ0v) is 24.6. The highest BCUT2D eigenvalue weighted by molar-refractivity contribution is 5.95. The Hall–Kier alpha value is -3.97. The van der Waals surface area contributed by atoms with Crippen LogP contribution < -0.4 is 16.5 Å². The van der Waals surface area contributed by atoms with Crippen molar-refractivity contribution in [3.63, 3.8) is 0 Å². The third-order valence-electron chi connectivity index (χ3n) is 7.79. The number of hydrogen-bond donors (Lipinski definition) is 4. The van der Waals surface area contributed by atoms with Gasteiger partial charge in [0, 0.05) is 30.4 Å². The number of hydrazone groups is 1. The van der Waals surface area contributed by atoms with Crippen LogP contribution in [0.25, 0.3) is 0 Å². The summed E-state index contributed by atoms with van der Waals surface area (Å²) in [6.45, 7) is 6.54. The number of carbonyl (C=O) groups excluding carboxylic acids is 1. The van der Waals surface area contributed by atoms with E-state index in [1.807, 2.05) is 0 Å². The fraction of sp³-hybridized carbons (Fsp3) is 0.500. The van der Waals surface area contributed by atoms with Crippen LogP contribution in [0.1, 0.15) is 79.9 Å².